The molecule has 1 aromatic heterocycles. The predicted octanol–water partition coefficient (Wildman–Crippen LogP) is 1.66. The van der Waals surface area contributed by atoms with Crippen molar-refractivity contribution in [3.05, 3.63) is 69.6 Å². The van der Waals surface area contributed by atoms with Crippen LogP contribution >= 0.6 is 24.0 Å². The van der Waals surface area contributed by atoms with E-state index in [4.69, 9.17) is 12.2 Å². The molecular weight excluding hydrogens is 460 g/mol. The van der Waals surface area contributed by atoms with Crippen LogP contribution in [0.4, 0.5) is 0 Å². The van der Waals surface area contributed by atoms with Crippen molar-refractivity contribution in [3.63, 3.8) is 0 Å². The Morgan fingerprint density at radius 2 is 1.73 bits per heavy atom. The van der Waals surface area contributed by atoms with Crippen LogP contribution in [0.5, 0.6) is 0 Å². The van der Waals surface area contributed by atoms with Gasteiger partial charge in [0.25, 0.3) is 17.4 Å². The summed E-state index contributed by atoms with van der Waals surface area (Å²) in [5.41, 5.74) is 1.80. The molecule has 33 heavy (non-hydrogen) atoms. The number of nitrogens with one attached hydrogen (secondary N) is 1. The molecule has 0 saturated carbocycles. The Morgan fingerprint density at radius 1 is 1.00 bits per heavy atom. The molecule has 1 saturated heterocycles. The summed E-state index contributed by atoms with van der Waals surface area (Å²) in [6, 6.07) is 12.0. The Labute approximate surface area is 199 Å². The molecule has 3 aliphatic heterocycles. The fraction of sp³-hybridized carbons (Fsp3) is 0.348. The van der Waals surface area contributed by atoms with E-state index in [1.54, 1.807) is 36.4 Å². The molecular formula is C23H22N4O4S2. The normalized spacial score (nSPS) is 21.0. The molecule has 0 unspecified atom stereocenters. The van der Waals surface area contributed by atoms with Gasteiger partial charge in [0.05, 0.1) is 16.9 Å². The monoisotopic (exact) mass is 482 g/mol. The van der Waals surface area contributed by atoms with Gasteiger partial charge in [0, 0.05) is 37.3 Å². The molecule has 8 nitrogen and oxygen atoms in total. The van der Waals surface area contributed by atoms with Crippen molar-refractivity contribution in [2.75, 3.05) is 25.5 Å². The summed E-state index contributed by atoms with van der Waals surface area (Å²) in [5.74, 6) is -0.418. The number of imide groups is 1. The average Bonchev–Trinajstić information content (AvgIpc) is 3.06. The van der Waals surface area contributed by atoms with Crippen LogP contribution < -0.4 is 10.9 Å². The number of fused-ring (bicyclic) bond motifs is 5. The maximum absolute atomic E-state index is 12.4. The Bertz CT molecular complexity index is 1190. The van der Waals surface area contributed by atoms with Crippen LogP contribution in [0.15, 0.2) is 47.3 Å². The smallest absolute Gasteiger partial charge is 0.263 e. The number of thiocarbonyl (C=S) groups is 1. The first-order chi connectivity index (χ1) is 15.9. The molecule has 3 aliphatic rings. The summed E-state index contributed by atoms with van der Waals surface area (Å²) in [4.78, 5) is 52.5. The van der Waals surface area contributed by atoms with Crippen LogP contribution in [-0.2, 0) is 11.3 Å². The van der Waals surface area contributed by atoms with Crippen molar-refractivity contribution >= 4 is 46.0 Å². The van der Waals surface area contributed by atoms with E-state index in [9.17, 15) is 19.2 Å². The van der Waals surface area contributed by atoms with E-state index in [1.165, 1.54) is 11.8 Å². The van der Waals surface area contributed by atoms with Gasteiger partial charge in [-0.05, 0) is 30.5 Å². The van der Waals surface area contributed by atoms with Gasteiger partial charge >= 0.3 is 0 Å². The lowest BCUT2D eigenvalue weighted by atomic mass is 9.83. The third kappa shape index (κ3) is 4.08. The first-order valence-electron chi connectivity index (χ1n) is 10.8. The van der Waals surface area contributed by atoms with Crippen molar-refractivity contribution in [2.45, 2.75) is 18.9 Å². The number of thioether (sulfide) groups is 1. The summed E-state index contributed by atoms with van der Waals surface area (Å²) in [5, 5.41) is 2.65. The number of aromatic nitrogens is 1. The third-order valence-corrected chi connectivity index (χ3v) is 7.90. The predicted molar refractivity (Wildman–Crippen MR) is 128 cm³/mol. The number of hydrogen-bond acceptors (Lipinski definition) is 6. The lowest BCUT2D eigenvalue weighted by Crippen LogP contribution is -2.48. The number of amides is 3. The summed E-state index contributed by atoms with van der Waals surface area (Å²) in [7, 11) is 0. The van der Waals surface area contributed by atoms with Crippen LogP contribution in [0.1, 0.15) is 38.7 Å². The van der Waals surface area contributed by atoms with Crippen molar-refractivity contribution in [2.24, 2.45) is 5.92 Å². The first kappa shape index (κ1) is 21.8. The van der Waals surface area contributed by atoms with Crippen molar-refractivity contribution in [1.29, 1.82) is 0 Å². The Balaban J connectivity index is 1.13. The van der Waals surface area contributed by atoms with Crippen LogP contribution in [-0.4, -0.2) is 61.9 Å². The number of likely N-dealkylation sites (tertiary alicyclic amines) is 1. The summed E-state index contributed by atoms with van der Waals surface area (Å²) in [6.07, 6.45) is 1.04. The molecule has 2 aromatic rings. The quantitative estimate of drug-likeness (QED) is 0.523. The highest BCUT2D eigenvalue weighted by molar-refractivity contribution is 8.23. The van der Waals surface area contributed by atoms with Crippen molar-refractivity contribution < 1.29 is 14.4 Å². The molecule has 10 heteroatoms. The number of hydrogen-bond donors (Lipinski definition) is 1. The molecule has 2 atom stereocenters. The lowest BCUT2D eigenvalue weighted by molar-refractivity contribution is -0.118. The van der Waals surface area contributed by atoms with E-state index in [2.05, 4.69) is 10.2 Å². The SMILES string of the molecule is O=C(CSC(=S)N1C[C@@H]2C[C@@H](C1)c1cccc(=O)n1C2)NCN1C(=O)c2ccccc2C1=O. The van der Waals surface area contributed by atoms with Gasteiger partial charge in [0.15, 0.2) is 0 Å². The number of carbonyl (C=O) groups is 3. The zero-order valence-corrected chi connectivity index (χ0v) is 19.4. The number of pyridine rings is 1. The van der Waals surface area contributed by atoms with E-state index >= 15 is 0 Å². The fourth-order valence-electron chi connectivity index (χ4n) is 4.87. The Morgan fingerprint density at radius 3 is 2.45 bits per heavy atom. The van der Waals surface area contributed by atoms with Gasteiger partial charge in [-0.3, -0.25) is 24.1 Å². The molecule has 0 aliphatic carbocycles. The molecule has 4 heterocycles. The van der Waals surface area contributed by atoms with E-state index in [1.807, 2.05) is 10.6 Å². The number of piperidine rings is 1. The van der Waals surface area contributed by atoms with Gasteiger partial charge < -0.3 is 14.8 Å². The average molecular weight is 483 g/mol. The van der Waals surface area contributed by atoms with E-state index in [0.717, 1.165) is 30.1 Å². The van der Waals surface area contributed by atoms with Gasteiger partial charge in [0.1, 0.15) is 11.0 Å². The molecule has 170 valence electrons. The highest BCUT2D eigenvalue weighted by atomic mass is 32.2. The van der Waals surface area contributed by atoms with Crippen molar-refractivity contribution in [1.82, 2.24) is 19.7 Å². The molecule has 2 bridgehead atoms. The maximum Gasteiger partial charge on any atom is 0.263 e. The second kappa shape index (κ2) is 8.75. The van der Waals surface area contributed by atoms with Crippen molar-refractivity contribution in [3.8, 4) is 0 Å². The largest absolute Gasteiger partial charge is 0.356 e. The minimum Gasteiger partial charge on any atom is -0.356 e. The zero-order valence-electron chi connectivity index (χ0n) is 17.7. The molecule has 0 spiro atoms. The topological polar surface area (TPSA) is 91.7 Å². The lowest BCUT2D eigenvalue weighted by Gasteiger charge is -2.43. The molecule has 1 N–H and O–H groups in total. The van der Waals surface area contributed by atoms with E-state index in [-0.39, 0.29) is 29.8 Å². The van der Waals surface area contributed by atoms with Gasteiger partial charge in [-0.25, -0.2) is 0 Å². The summed E-state index contributed by atoms with van der Waals surface area (Å²) >= 11 is 6.87. The maximum atomic E-state index is 12.4. The van der Waals surface area contributed by atoms with Gasteiger partial charge in [-0.1, -0.05) is 42.2 Å². The second-order valence-corrected chi connectivity index (χ2v) is 10.1. The molecule has 0 radical (unpaired) electrons. The number of benzene rings is 1. The molecule has 1 fully saturated rings. The Hall–Kier alpha value is -2.98. The van der Waals surface area contributed by atoms with E-state index < -0.39 is 11.8 Å². The summed E-state index contributed by atoms with van der Waals surface area (Å²) < 4.78 is 2.52. The Kier molecular flexibility index (Phi) is 5.79. The minimum atomic E-state index is -0.404. The highest BCUT2D eigenvalue weighted by Gasteiger charge is 2.36. The first-order valence-corrected chi connectivity index (χ1v) is 12.1. The number of carbonyl (C=O) groups excluding carboxylic acids is 3. The fourth-order valence-corrected chi connectivity index (χ4v) is 5.88. The zero-order chi connectivity index (χ0) is 23.1. The molecule has 5 rings (SSSR count). The van der Waals surface area contributed by atoms with Gasteiger partial charge in [0.2, 0.25) is 5.91 Å². The second-order valence-electron chi connectivity index (χ2n) is 8.50. The van der Waals surface area contributed by atoms with Crippen LogP contribution in [0.2, 0.25) is 0 Å². The highest BCUT2D eigenvalue weighted by Crippen LogP contribution is 2.36. The number of nitrogens with zero attached hydrogens (tertiary/aromatic N) is 3. The number of rotatable bonds is 4. The standard InChI is InChI=1S/C23H22N4O4S2/c28-19(24-13-27-21(30)16-4-1-2-5-17(16)22(27)31)12-33-23(32)25-9-14-8-15(11-25)18-6-3-7-20(29)26(18)10-14/h1-7,14-15H,8-13H2,(H,24,28)/t14-,15-/m0/s1. The minimum absolute atomic E-state index is 0.0438. The third-order valence-electron chi connectivity index (χ3n) is 6.38. The van der Waals surface area contributed by atoms with Crippen LogP contribution in [0.25, 0.3) is 0 Å². The molecule has 3 amide bonds. The summed E-state index contributed by atoms with van der Waals surface area (Å²) in [6.45, 7) is 2.01. The molecule has 1 aromatic carbocycles. The van der Waals surface area contributed by atoms with Crippen LogP contribution in [0.3, 0.4) is 0 Å². The van der Waals surface area contributed by atoms with Gasteiger partial charge in [-0.15, -0.1) is 0 Å². The van der Waals surface area contributed by atoms with Gasteiger partial charge in [-0.2, -0.15) is 0 Å². The van der Waals surface area contributed by atoms with Crippen LogP contribution in [0, 0.1) is 5.92 Å². The van der Waals surface area contributed by atoms with E-state index in [0.29, 0.717) is 27.9 Å².